The lowest BCUT2D eigenvalue weighted by Gasteiger charge is -2.27. The molecule has 2 heterocycles. The average molecular weight is 265 g/mol. The summed E-state index contributed by atoms with van der Waals surface area (Å²) in [7, 11) is 0. The molecule has 0 spiro atoms. The molecule has 0 amide bonds. The normalized spacial score (nSPS) is 16.9. The van der Waals surface area contributed by atoms with E-state index in [1.54, 1.807) is 0 Å². The van der Waals surface area contributed by atoms with Gasteiger partial charge in [0.15, 0.2) is 0 Å². The Morgan fingerprint density at radius 3 is 2.89 bits per heavy atom. The van der Waals surface area contributed by atoms with Gasteiger partial charge in [0.25, 0.3) is 0 Å². The molecule has 0 atom stereocenters. The summed E-state index contributed by atoms with van der Waals surface area (Å²) in [6, 6.07) is 4.37. The topological polar surface area (TPSA) is 29.4 Å². The van der Waals surface area contributed by atoms with Crippen LogP contribution in [0.4, 0.5) is 0 Å². The van der Waals surface area contributed by atoms with E-state index < -0.39 is 0 Å². The summed E-state index contributed by atoms with van der Waals surface area (Å²) in [5, 5.41) is 3.51. The van der Waals surface area contributed by atoms with E-state index in [2.05, 4.69) is 40.0 Å². The van der Waals surface area contributed by atoms with Gasteiger partial charge in [-0.2, -0.15) is 0 Å². The summed E-state index contributed by atoms with van der Waals surface area (Å²) in [4.78, 5) is 2.48. The van der Waals surface area contributed by atoms with Crippen molar-refractivity contribution in [3.05, 3.63) is 24.0 Å². The molecule has 4 heteroatoms. The molecule has 0 radical (unpaired) electrons. The Kier molecular flexibility index (Phi) is 6.41. The number of hydrogen-bond acceptors (Lipinski definition) is 3. The van der Waals surface area contributed by atoms with Crippen LogP contribution >= 0.6 is 0 Å². The van der Waals surface area contributed by atoms with Gasteiger partial charge in [-0.15, -0.1) is 0 Å². The van der Waals surface area contributed by atoms with Crippen LogP contribution in [-0.2, 0) is 17.8 Å². The fourth-order valence-corrected chi connectivity index (χ4v) is 2.42. The Morgan fingerprint density at radius 2 is 2.11 bits per heavy atom. The molecule has 1 aliphatic heterocycles. The second-order valence-electron chi connectivity index (χ2n) is 5.18. The quantitative estimate of drug-likeness (QED) is 0.726. The number of hydrogen-bond donors (Lipinski definition) is 1. The number of morpholine rings is 1. The largest absolute Gasteiger partial charge is 0.379 e. The lowest BCUT2D eigenvalue weighted by atomic mass is 10.3. The second-order valence-corrected chi connectivity index (χ2v) is 5.18. The summed E-state index contributed by atoms with van der Waals surface area (Å²) < 4.78 is 7.75. The first-order chi connectivity index (χ1) is 9.40. The minimum atomic E-state index is 0.886. The van der Waals surface area contributed by atoms with Crippen LogP contribution in [0, 0.1) is 0 Å². The zero-order valence-corrected chi connectivity index (χ0v) is 12.1. The highest BCUT2D eigenvalue weighted by atomic mass is 16.5. The number of nitrogens with zero attached hydrogens (tertiary/aromatic N) is 2. The van der Waals surface area contributed by atoms with Crippen molar-refractivity contribution in [2.24, 2.45) is 0 Å². The van der Waals surface area contributed by atoms with E-state index in [0.717, 1.165) is 52.5 Å². The Bertz CT molecular complexity index is 345. The number of unbranched alkanes of at least 4 members (excludes halogenated alkanes) is 1. The summed E-state index contributed by atoms with van der Waals surface area (Å²) >= 11 is 0. The van der Waals surface area contributed by atoms with Crippen molar-refractivity contribution in [1.29, 1.82) is 0 Å². The first-order valence-electron chi connectivity index (χ1n) is 7.55. The molecule has 1 saturated heterocycles. The summed E-state index contributed by atoms with van der Waals surface area (Å²) in [5.74, 6) is 0. The lowest BCUT2D eigenvalue weighted by Crippen LogP contribution is -2.38. The summed E-state index contributed by atoms with van der Waals surface area (Å²) in [6.07, 6.45) is 4.71. The fourth-order valence-electron chi connectivity index (χ4n) is 2.42. The Labute approximate surface area is 116 Å². The first-order valence-corrected chi connectivity index (χ1v) is 7.55. The molecule has 1 aromatic heterocycles. The zero-order chi connectivity index (χ0) is 13.3. The highest BCUT2D eigenvalue weighted by Gasteiger charge is 2.10. The van der Waals surface area contributed by atoms with Gasteiger partial charge in [0.1, 0.15) is 0 Å². The van der Waals surface area contributed by atoms with Crippen LogP contribution in [0.2, 0.25) is 0 Å². The minimum absolute atomic E-state index is 0.886. The maximum absolute atomic E-state index is 5.38. The predicted molar refractivity (Wildman–Crippen MR) is 78.3 cm³/mol. The van der Waals surface area contributed by atoms with E-state index >= 15 is 0 Å². The van der Waals surface area contributed by atoms with E-state index in [-0.39, 0.29) is 0 Å². The van der Waals surface area contributed by atoms with Crippen molar-refractivity contribution in [3.63, 3.8) is 0 Å². The van der Waals surface area contributed by atoms with Gasteiger partial charge >= 0.3 is 0 Å². The van der Waals surface area contributed by atoms with Crippen molar-refractivity contribution in [2.75, 3.05) is 39.4 Å². The third kappa shape index (κ3) is 4.97. The van der Waals surface area contributed by atoms with Gasteiger partial charge in [0, 0.05) is 44.6 Å². The van der Waals surface area contributed by atoms with Crippen LogP contribution in [0.3, 0.4) is 0 Å². The molecule has 1 aliphatic rings. The average Bonchev–Trinajstić information content (AvgIpc) is 2.90. The number of aromatic nitrogens is 1. The molecular formula is C15H27N3O. The molecule has 0 aliphatic carbocycles. The van der Waals surface area contributed by atoms with Crippen molar-refractivity contribution in [1.82, 2.24) is 14.8 Å². The molecule has 108 valence electrons. The van der Waals surface area contributed by atoms with E-state index in [4.69, 9.17) is 4.74 Å². The van der Waals surface area contributed by atoms with E-state index in [0.29, 0.717) is 0 Å². The molecule has 0 saturated carbocycles. The van der Waals surface area contributed by atoms with Crippen LogP contribution in [0.15, 0.2) is 18.3 Å². The molecule has 1 aromatic rings. The number of nitrogens with one attached hydrogen (secondary N) is 1. The molecule has 0 bridgehead atoms. The second kappa shape index (κ2) is 8.35. The van der Waals surface area contributed by atoms with Gasteiger partial charge in [-0.3, -0.25) is 4.90 Å². The fraction of sp³-hybridized carbons (Fsp3) is 0.733. The van der Waals surface area contributed by atoms with Crippen LogP contribution in [0.5, 0.6) is 0 Å². The summed E-state index contributed by atoms with van der Waals surface area (Å²) in [6.45, 7) is 10.5. The summed E-state index contributed by atoms with van der Waals surface area (Å²) in [5.41, 5.74) is 1.39. The van der Waals surface area contributed by atoms with E-state index in [9.17, 15) is 0 Å². The standard InChI is InChI=1S/C15H27N3O/c1-2-3-6-16-14-15-5-4-7-18(15)9-8-17-10-12-19-13-11-17/h4-5,7,16H,2-3,6,8-14H2,1H3. The smallest absolute Gasteiger partial charge is 0.0594 e. The monoisotopic (exact) mass is 265 g/mol. The van der Waals surface area contributed by atoms with Crippen LogP contribution in [-0.4, -0.2) is 48.9 Å². The minimum Gasteiger partial charge on any atom is -0.379 e. The van der Waals surface area contributed by atoms with Crippen molar-refractivity contribution in [2.45, 2.75) is 32.9 Å². The van der Waals surface area contributed by atoms with Gasteiger partial charge in [-0.1, -0.05) is 13.3 Å². The molecule has 2 rings (SSSR count). The number of rotatable bonds is 8. The van der Waals surface area contributed by atoms with Crippen molar-refractivity contribution < 1.29 is 4.74 Å². The predicted octanol–water partition coefficient (Wildman–Crippen LogP) is 1.71. The molecule has 19 heavy (non-hydrogen) atoms. The highest BCUT2D eigenvalue weighted by Crippen LogP contribution is 2.04. The molecule has 1 fully saturated rings. The third-order valence-electron chi connectivity index (χ3n) is 3.70. The number of ether oxygens (including phenoxy) is 1. The van der Waals surface area contributed by atoms with Crippen LogP contribution in [0.1, 0.15) is 25.5 Å². The molecule has 0 unspecified atom stereocenters. The van der Waals surface area contributed by atoms with Crippen LogP contribution in [0.25, 0.3) is 0 Å². The van der Waals surface area contributed by atoms with E-state index in [1.165, 1.54) is 18.5 Å². The Balaban J connectivity index is 1.72. The SMILES string of the molecule is CCCCNCc1cccn1CCN1CCOCC1. The first kappa shape index (κ1) is 14.6. The molecule has 0 aromatic carbocycles. The van der Waals surface area contributed by atoms with Crippen molar-refractivity contribution >= 4 is 0 Å². The van der Waals surface area contributed by atoms with E-state index in [1.807, 2.05) is 0 Å². The van der Waals surface area contributed by atoms with Gasteiger partial charge in [0.05, 0.1) is 13.2 Å². The molecule has 1 N–H and O–H groups in total. The highest BCUT2D eigenvalue weighted by molar-refractivity contribution is 5.06. The van der Waals surface area contributed by atoms with Gasteiger partial charge in [-0.05, 0) is 25.1 Å². The maximum Gasteiger partial charge on any atom is 0.0594 e. The maximum atomic E-state index is 5.38. The Morgan fingerprint density at radius 1 is 1.26 bits per heavy atom. The van der Waals surface area contributed by atoms with Crippen LogP contribution < -0.4 is 5.32 Å². The van der Waals surface area contributed by atoms with Crippen molar-refractivity contribution in [3.8, 4) is 0 Å². The Hall–Kier alpha value is -0.840. The molecular weight excluding hydrogens is 238 g/mol. The zero-order valence-electron chi connectivity index (χ0n) is 12.1. The third-order valence-corrected chi connectivity index (χ3v) is 3.70. The van der Waals surface area contributed by atoms with Gasteiger partial charge < -0.3 is 14.6 Å². The van der Waals surface area contributed by atoms with Gasteiger partial charge in [-0.25, -0.2) is 0 Å². The lowest BCUT2D eigenvalue weighted by molar-refractivity contribution is 0.0363. The molecule has 4 nitrogen and oxygen atoms in total. The van der Waals surface area contributed by atoms with Gasteiger partial charge in [0.2, 0.25) is 0 Å².